The molecule has 0 unspecified atom stereocenters. The number of carboxylic acids is 1. The Morgan fingerprint density at radius 1 is 1.43 bits per heavy atom. The molecule has 0 rings (SSSR count). The van der Waals surface area contributed by atoms with Gasteiger partial charge in [-0.05, 0) is 11.8 Å². The first-order chi connectivity index (χ1) is 6.34. The third-order valence-electron chi connectivity index (χ3n) is 1.27. The summed E-state index contributed by atoms with van der Waals surface area (Å²) in [7, 11) is 3.00. The fraction of sp³-hybridized carbons (Fsp3) is 0.571. The smallest absolute Gasteiger partial charge is 0.317 e. The van der Waals surface area contributed by atoms with Gasteiger partial charge in [-0.3, -0.25) is 14.4 Å². The van der Waals surface area contributed by atoms with Crippen LogP contribution in [-0.4, -0.2) is 46.5 Å². The minimum atomic E-state index is -1.22. The molecule has 0 saturated heterocycles. The van der Waals surface area contributed by atoms with E-state index in [1.807, 2.05) is 0 Å². The fourth-order valence-corrected chi connectivity index (χ4v) is 1.39. The third kappa shape index (κ3) is 4.70. The zero-order valence-electron chi connectivity index (χ0n) is 7.89. The van der Waals surface area contributed by atoms with Gasteiger partial charge in [0.1, 0.15) is 5.25 Å². The second-order valence-corrected chi connectivity index (χ2v) is 3.93. The van der Waals surface area contributed by atoms with Gasteiger partial charge < -0.3 is 15.7 Å². The molecule has 0 radical (unpaired) electrons. The van der Waals surface area contributed by atoms with E-state index >= 15 is 0 Å². The lowest BCUT2D eigenvalue weighted by Gasteiger charge is -2.13. The van der Waals surface area contributed by atoms with Crippen LogP contribution in [0.3, 0.4) is 0 Å². The van der Waals surface area contributed by atoms with Crippen molar-refractivity contribution in [3.05, 3.63) is 0 Å². The number of rotatable bonds is 4. The number of thioether (sulfide) groups is 1. The highest BCUT2D eigenvalue weighted by atomic mass is 32.2. The van der Waals surface area contributed by atoms with Crippen LogP contribution in [0.5, 0.6) is 0 Å². The Labute approximate surface area is 85.4 Å². The second-order valence-electron chi connectivity index (χ2n) is 2.78. The molecule has 0 heterocycles. The lowest BCUT2D eigenvalue weighted by atomic mass is 10.3. The monoisotopic (exact) mass is 220 g/mol. The molecule has 0 aliphatic carbocycles. The van der Waals surface area contributed by atoms with Crippen molar-refractivity contribution in [3.8, 4) is 0 Å². The van der Waals surface area contributed by atoms with Crippen LogP contribution in [0.25, 0.3) is 0 Å². The molecule has 6 nitrogen and oxygen atoms in total. The van der Waals surface area contributed by atoms with Crippen LogP contribution >= 0.6 is 11.8 Å². The predicted molar refractivity (Wildman–Crippen MR) is 51.9 cm³/mol. The highest BCUT2D eigenvalue weighted by molar-refractivity contribution is 8.14. The first kappa shape index (κ1) is 12.8. The van der Waals surface area contributed by atoms with E-state index in [2.05, 4.69) is 0 Å². The zero-order chi connectivity index (χ0) is 11.3. The lowest BCUT2D eigenvalue weighted by Crippen LogP contribution is -2.28. The lowest BCUT2D eigenvalue weighted by molar-refractivity contribution is -0.137. The van der Waals surface area contributed by atoms with Crippen molar-refractivity contribution >= 4 is 28.9 Å². The second kappa shape index (κ2) is 5.48. The average molecular weight is 220 g/mol. The van der Waals surface area contributed by atoms with Gasteiger partial charge in [-0.1, -0.05) is 0 Å². The average Bonchev–Trinajstić information content (AvgIpc) is 2.01. The van der Waals surface area contributed by atoms with Crippen LogP contribution in [-0.2, 0) is 9.59 Å². The standard InChI is InChI=1S/C7H12N2O4S/c1-9(2)7(13)14-4(6(11)12)3-5(8)10/h4H,3H2,1-2H3,(H2,8,10)(H,11,12)/t4-/m0/s1. The summed E-state index contributed by atoms with van der Waals surface area (Å²) in [6.07, 6.45) is -0.348. The van der Waals surface area contributed by atoms with Crippen molar-refractivity contribution in [2.45, 2.75) is 11.7 Å². The Morgan fingerprint density at radius 2 is 1.93 bits per heavy atom. The van der Waals surface area contributed by atoms with E-state index in [1.54, 1.807) is 0 Å². The number of hydrogen-bond acceptors (Lipinski definition) is 4. The van der Waals surface area contributed by atoms with Gasteiger partial charge in [-0.2, -0.15) is 0 Å². The molecule has 1 atom stereocenters. The number of amides is 2. The molecule has 0 aromatic carbocycles. The number of primary amides is 1. The number of carbonyl (C=O) groups excluding carboxylic acids is 2. The summed E-state index contributed by atoms with van der Waals surface area (Å²) in [6, 6.07) is 0. The van der Waals surface area contributed by atoms with Gasteiger partial charge in [0.15, 0.2) is 0 Å². The van der Waals surface area contributed by atoms with Crippen LogP contribution in [0.1, 0.15) is 6.42 Å². The Kier molecular flexibility index (Phi) is 5.00. The maximum absolute atomic E-state index is 11.1. The van der Waals surface area contributed by atoms with Gasteiger partial charge in [0, 0.05) is 20.5 Å². The van der Waals surface area contributed by atoms with Crippen molar-refractivity contribution in [1.29, 1.82) is 0 Å². The summed E-state index contributed by atoms with van der Waals surface area (Å²) < 4.78 is 0. The van der Waals surface area contributed by atoms with Crippen LogP contribution in [0, 0.1) is 0 Å². The molecule has 0 aliphatic heterocycles. The topological polar surface area (TPSA) is 101 Å². The molecular weight excluding hydrogens is 208 g/mol. The minimum Gasteiger partial charge on any atom is -0.480 e. The molecule has 0 saturated carbocycles. The van der Waals surface area contributed by atoms with E-state index in [0.717, 1.165) is 0 Å². The first-order valence-corrected chi connectivity index (χ1v) is 4.61. The number of nitrogens with zero attached hydrogens (tertiary/aromatic N) is 1. The highest BCUT2D eigenvalue weighted by Gasteiger charge is 2.24. The Balaban J connectivity index is 4.31. The molecule has 0 fully saturated rings. The number of hydrogen-bond donors (Lipinski definition) is 2. The molecule has 2 amide bonds. The van der Waals surface area contributed by atoms with E-state index in [1.165, 1.54) is 19.0 Å². The number of nitrogens with two attached hydrogens (primary N) is 1. The summed E-state index contributed by atoms with van der Waals surface area (Å²) in [4.78, 5) is 33.4. The maximum Gasteiger partial charge on any atom is 0.317 e. The van der Waals surface area contributed by atoms with E-state index in [-0.39, 0.29) is 6.42 Å². The Morgan fingerprint density at radius 3 is 2.21 bits per heavy atom. The van der Waals surface area contributed by atoms with Gasteiger partial charge in [0.25, 0.3) is 5.24 Å². The molecule has 0 spiro atoms. The minimum absolute atomic E-state index is 0.348. The summed E-state index contributed by atoms with van der Waals surface area (Å²) in [5.41, 5.74) is 4.84. The zero-order valence-corrected chi connectivity index (χ0v) is 8.71. The Hall–Kier alpha value is -1.24. The summed E-state index contributed by atoms with van der Waals surface area (Å²) in [5.74, 6) is -1.96. The quantitative estimate of drug-likeness (QED) is 0.679. The van der Waals surface area contributed by atoms with E-state index in [0.29, 0.717) is 11.8 Å². The van der Waals surface area contributed by atoms with E-state index in [9.17, 15) is 14.4 Å². The van der Waals surface area contributed by atoms with Gasteiger partial charge in [0.05, 0.1) is 0 Å². The number of aliphatic carboxylic acids is 1. The number of carbonyl (C=O) groups is 3. The van der Waals surface area contributed by atoms with Crippen molar-refractivity contribution in [2.75, 3.05) is 14.1 Å². The predicted octanol–water partition coefficient (Wildman–Crippen LogP) is -0.270. The molecule has 0 bridgehead atoms. The number of carboxylic acid groups (broad SMARTS) is 1. The third-order valence-corrected chi connectivity index (χ3v) is 2.49. The van der Waals surface area contributed by atoms with E-state index < -0.39 is 22.4 Å². The molecule has 14 heavy (non-hydrogen) atoms. The van der Waals surface area contributed by atoms with Gasteiger partial charge in [-0.25, -0.2) is 0 Å². The summed E-state index contributed by atoms with van der Waals surface area (Å²) >= 11 is 0.576. The fourth-order valence-electron chi connectivity index (χ4n) is 0.589. The van der Waals surface area contributed by atoms with E-state index in [4.69, 9.17) is 10.8 Å². The normalized spacial score (nSPS) is 11.9. The molecule has 0 aromatic rings. The molecular formula is C7H12N2O4S. The molecule has 80 valence electrons. The maximum atomic E-state index is 11.1. The first-order valence-electron chi connectivity index (χ1n) is 3.73. The van der Waals surface area contributed by atoms with Crippen molar-refractivity contribution < 1.29 is 19.5 Å². The van der Waals surface area contributed by atoms with Gasteiger partial charge in [0.2, 0.25) is 5.91 Å². The molecule has 0 aromatic heterocycles. The Bertz CT molecular complexity index is 254. The van der Waals surface area contributed by atoms with Crippen molar-refractivity contribution in [3.63, 3.8) is 0 Å². The highest BCUT2D eigenvalue weighted by Crippen LogP contribution is 2.17. The summed E-state index contributed by atoms with van der Waals surface area (Å²) in [6.45, 7) is 0. The largest absolute Gasteiger partial charge is 0.480 e. The molecule has 3 N–H and O–H groups in total. The van der Waals surface area contributed by atoms with Gasteiger partial charge >= 0.3 is 5.97 Å². The van der Waals surface area contributed by atoms with Crippen molar-refractivity contribution in [2.24, 2.45) is 5.73 Å². The SMILES string of the molecule is CN(C)C(=O)S[C@@H](CC(N)=O)C(=O)O. The molecule has 7 heteroatoms. The van der Waals surface area contributed by atoms with Crippen LogP contribution in [0.15, 0.2) is 0 Å². The van der Waals surface area contributed by atoms with Crippen LogP contribution in [0.2, 0.25) is 0 Å². The van der Waals surface area contributed by atoms with Crippen molar-refractivity contribution in [1.82, 2.24) is 4.90 Å². The van der Waals surface area contributed by atoms with Crippen LogP contribution < -0.4 is 5.73 Å². The summed E-state index contributed by atoms with van der Waals surface area (Å²) in [5, 5.41) is 7.13. The van der Waals surface area contributed by atoms with Gasteiger partial charge in [-0.15, -0.1) is 0 Å². The molecule has 0 aliphatic rings. The van der Waals surface area contributed by atoms with Crippen LogP contribution in [0.4, 0.5) is 4.79 Å².